The first kappa shape index (κ1) is 26.1. The maximum absolute atomic E-state index is 12.5. The Kier molecular flexibility index (Phi) is 9.97. The summed E-state index contributed by atoms with van der Waals surface area (Å²) in [6, 6.07) is 20.6. The largest absolute Gasteiger partial charge is 0.490 e. The summed E-state index contributed by atoms with van der Waals surface area (Å²) in [5.41, 5.74) is 5.08. The van der Waals surface area contributed by atoms with Crippen LogP contribution >= 0.6 is 35.4 Å². The number of benzene rings is 3. The van der Waals surface area contributed by atoms with Gasteiger partial charge >= 0.3 is 0 Å². The molecule has 0 atom stereocenters. The van der Waals surface area contributed by atoms with E-state index in [4.69, 9.17) is 49.6 Å². The van der Waals surface area contributed by atoms with E-state index >= 15 is 0 Å². The fourth-order valence-corrected chi connectivity index (χ4v) is 3.27. The number of halogens is 2. The van der Waals surface area contributed by atoms with Crippen LogP contribution in [0.2, 0.25) is 10.0 Å². The molecule has 0 saturated heterocycles. The highest BCUT2D eigenvalue weighted by Crippen LogP contribution is 2.27. The average molecular weight is 534 g/mol. The lowest BCUT2D eigenvalue weighted by Gasteiger charge is -2.12. The van der Waals surface area contributed by atoms with Gasteiger partial charge in [-0.1, -0.05) is 47.5 Å². The third-order valence-corrected chi connectivity index (χ3v) is 4.99. The molecule has 8 nitrogen and oxygen atoms in total. The van der Waals surface area contributed by atoms with Crippen LogP contribution in [0.5, 0.6) is 17.2 Å². The molecule has 2 amide bonds. The second-order valence-corrected chi connectivity index (χ2v) is 8.11. The van der Waals surface area contributed by atoms with Gasteiger partial charge in [0.05, 0.1) is 5.02 Å². The van der Waals surface area contributed by atoms with E-state index in [2.05, 4.69) is 16.2 Å². The summed E-state index contributed by atoms with van der Waals surface area (Å²) in [5.74, 6) is 0.528. The van der Waals surface area contributed by atoms with Crippen LogP contribution < -0.4 is 30.4 Å². The Morgan fingerprint density at radius 3 is 2.26 bits per heavy atom. The lowest BCUT2D eigenvalue weighted by atomic mass is 10.2. The average Bonchev–Trinajstić information content (AvgIpc) is 2.85. The molecule has 0 radical (unpaired) electrons. The van der Waals surface area contributed by atoms with Gasteiger partial charge in [0.1, 0.15) is 30.5 Å². The number of hydrazine groups is 1. The predicted molar refractivity (Wildman–Crippen MR) is 137 cm³/mol. The lowest BCUT2D eigenvalue weighted by Crippen LogP contribution is -2.49. The zero-order valence-corrected chi connectivity index (χ0v) is 20.6. The summed E-state index contributed by atoms with van der Waals surface area (Å²) in [6.45, 7) is 0.315. The standard InChI is InChI=1S/C24H21Cl2N3O5S/c25-17-9-10-21(20(26)14-17)34-15-22(30)28-29-24(35)27-23(31)16-5-4-8-19(13-16)33-12-11-32-18-6-2-1-3-7-18/h1-10,13-14H,11-12,15H2,(H,28,30)(H2,27,29,31,35). The van der Waals surface area contributed by atoms with Gasteiger partial charge in [0.15, 0.2) is 11.7 Å². The van der Waals surface area contributed by atoms with Crippen molar-refractivity contribution < 1.29 is 23.8 Å². The van der Waals surface area contributed by atoms with Crippen LogP contribution in [0.1, 0.15) is 10.4 Å². The number of carbonyl (C=O) groups excluding carboxylic acids is 2. The van der Waals surface area contributed by atoms with E-state index in [0.717, 1.165) is 5.75 Å². The molecule has 35 heavy (non-hydrogen) atoms. The van der Waals surface area contributed by atoms with Gasteiger partial charge in [0.2, 0.25) is 0 Å². The van der Waals surface area contributed by atoms with Crippen LogP contribution in [0.4, 0.5) is 0 Å². The van der Waals surface area contributed by atoms with E-state index < -0.39 is 11.8 Å². The minimum atomic E-state index is -0.541. The zero-order chi connectivity index (χ0) is 25.0. The topological polar surface area (TPSA) is 97.9 Å². The van der Waals surface area contributed by atoms with Gasteiger partial charge in [-0.2, -0.15) is 0 Å². The van der Waals surface area contributed by atoms with Crippen LogP contribution in [-0.2, 0) is 4.79 Å². The molecule has 0 aromatic heterocycles. The number of hydrogen-bond acceptors (Lipinski definition) is 6. The third-order valence-electron chi connectivity index (χ3n) is 4.26. The van der Waals surface area contributed by atoms with Gasteiger partial charge in [-0.25, -0.2) is 0 Å². The lowest BCUT2D eigenvalue weighted by molar-refractivity contribution is -0.123. The highest BCUT2D eigenvalue weighted by atomic mass is 35.5. The van der Waals surface area contributed by atoms with E-state index in [1.165, 1.54) is 6.07 Å². The van der Waals surface area contributed by atoms with E-state index in [-0.39, 0.29) is 16.7 Å². The normalized spacial score (nSPS) is 10.1. The first-order valence-electron chi connectivity index (χ1n) is 10.3. The molecule has 182 valence electrons. The monoisotopic (exact) mass is 533 g/mol. The molecule has 0 saturated carbocycles. The molecule has 11 heteroatoms. The number of para-hydroxylation sites is 1. The number of amides is 2. The summed E-state index contributed by atoms with van der Waals surface area (Å²) in [5, 5.41) is 3.09. The molecule has 0 aliphatic heterocycles. The second kappa shape index (κ2) is 13.4. The van der Waals surface area contributed by atoms with Crippen molar-refractivity contribution in [1.82, 2.24) is 16.2 Å². The van der Waals surface area contributed by atoms with Gasteiger partial charge in [0.25, 0.3) is 11.8 Å². The van der Waals surface area contributed by atoms with Gasteiger partial charge in [-0.3, -0.25) is 25.8 Å². The maximum atomic E-state index is 12.5. The van der Waals surface area contributed by atoms with Crippen LogP contribution in [-0.4, -0.2) is 36.7 Å². The van der Waals surface area contributed by atoms with Gasteiger partial charge in [-0.05, 0) is 60.7 Å². The van der Waals surface area contributed by atoms with E-state index in [1.807, 2.05) is 30.3 Å². The van der Waals surface area contributed by atoms with Crippen molar-refractivity contribution in [3.05, 3.63) is 88.4 Å². The fourth-order valence-electron chi connectivity index (χ4n) is 2.67. The molecule has 3 rings (SSSR count). The van der Waals surface area contributed by atoms with Crippen LogP contribution in [0.15, 0.2) is 72.8 Å². The quantitative estimate of drug-likeness (QED) is 0.216. The summed E-state index contributed by atoms with van der Waals surface area (Å²) >= 11 is 16.9. The van der Waals surface area contributed by atoms with Gasteiger partial charge in [-0.15, -0.1) is 0 Å². The molecule has 0 bridgehead atoms. The van der Waals surface area contributed by atoms with Crippen molar-refractivity contribution in [2.75, 3.05) is 19.8 Å². The van der Waals surface area contributed by atoms with Gasteiger partial charge in [0, 0.05) is 10.6 Å². The summed E-state index contributed by atoms with van der Waals surface area (Å²) in [4.78, 5) is 24.4. The summed E-state index contributed by atoms with van der Waals surface area (Å²) in [7, 11) is 0. The van der Waals surface area contributed by atoms with Crippen molar-refractivity contribution in [2.45, 2.75) is 0 Å². The van der Waals surface area contributed by atoms with Crippen molar-refractivity contribution in [3.63, 3.8) is 0 Å². The van der Waals surface area contributed by atoms with Crippen LogP contribution in [0.3, 0.4) is 0 Å². The Hall–Kier alpha value is -3.53. The molecule has 3 aromatic rings. The minimum Gasteiger partial charge on any atom is -0.490 e. The summed E-state index contributed by atoms with van der Waals surface area (Å²) in [6.07, 6.45) is 0. The fraction of sp³-hybridized carbons (Fsp3) is 0.125. The maximum Gasteiger partial charge on any atom is 0.276 e. The molecule has 3 N–H and O–H groups in total. The predicted octanol–water partition coefficient (Wildman–Crippen LogP) is 4.17. The first-order valence-corrected chi connectivity index (χ1v) is 11.5. The Morgan fingerprint density at radius 2 is 1.51 bits per heavy atom. The number of carbonyl (C=O) groups is 2. The highest BCUT2D eigenvalue weighted by Gasteiger charge is 2.11. The Bertz CT molecular complexity index is 1180. The number of ether oxygens (including phenoxy) is 3. The third kappa shape index (κ3) is 8.97. The summed E-state index contributed by atoms with van der Waals surface area (Å²) < 4.78 is 16.5. The highest BCUT2D eigenvalue weighted by molar-refractivity contribution is 7.80. The minimum absolute atomic E-state index is 0.101. The number of rotatable bonds is 9. The Labute approximate surface area is 217 Å². The van der Waals surface area contributed by atoms with Gasteiger partial charge < -0.3 is 14.2 Å². The van der Waals surface area contributed by atoms with Crippen molar-refractivity contribution in [1.29, 1.82) is 0 Å². The van der Waals surface area contributed by atoms with Crippen molar-refractivity contribution >= 4 is 52.3 Å². The first-order chi connectivity index (χ1) is 16.9. The smallest absolute Gasteiger partial charge is 0.276 e. The molecule has 0 spiro atoms. The van der Waals surface area contributed by atoms with Crippen molar-refractivity contribution in [3.8, 4) is 17.2 Å². The Balaban J connectivity index is 1.38. The van der Waals surface area contributed by atoms with Crippen LogP contribution in [0, 0.1) is 0 Å². The van der Waals surface area contributed by atoms with Crippen molar-refractivity contribution in [2.24, 2.45) is 0 Å². The molecular formula is C24H21Cl2N3O5S. The molecule has 0 aliphatic carbocycles. The van der Waals surface area contributed by atoms with Crippen LogP contribution in [0.25, 0.3) is 0 Å². The molecular weight excluding hydrogens is 513 g/mol. The van der Waals surface area contributed by atoms with E-state index in [0.29, 0.717) is 35.3 Å². The molecule has 0 fully saturated rings. The van der Waals surface area contributed by atoms with E-state index in [1.54, 1.807) is 36.4 Å². The number of nitrogens with one attached hydrogen (secondary N) is 3. The Morgan fingerprint density at radius 1 is 0.800 bits per heavy atom. The number of hydrogen-bond donors (Lipinski definition) is 3. The zero-order valence-electron chi connectivity index (χ0n) is 18.3. The van der Waals surface area contributed by atoms with E-state index in [9.17, 15) is 9.59 Å². The number of thiocarbonyl (C=S) groups is 1. The molecule has 0 aliphatic rings. The second-order valence-electron chi connectivity index (χ2n) is 6.86. The molecule has 3 aromatic carbocycles. The SMILES string of the molecule is O=C(COc1ccc(Cl)cc1Cl)NNC(=S)NC(=O)c1cccc(OCCOc2ccccc2)c1. The molecule has 0 heterocycles. The molecule has 0 unspecified atom stereocenters.